The fraction of sp³-hybridized carbons (Fsp3) is 0.600. The van der Waals surface area contributed by atoms with Crippen molar-refractivity contribution in [2.75, 3.05) is 21.1 Å². The fourth-order valence-electron chi connectivity index (χ4n) is 2.68. The van der Waals surface area contributed by atoms with E-state index in [1.165, 1.54) is 5.56 Å². The highest BCUT2D eigenvalue weighted by Gasteiger charge is 2.29. The maximum atomic E-state index is 4.77. The Hall–Kier alpha value is -1.78. The molecule has 0 fully saturated rings. The van der Waals surface area contributed by atoms with Crippen LogP contribution in [0.2, 0.25) is 0 Å². The van der Waals surface area contributed by atoms with Crippen molar-refractivity contribution in [3.8, 4) is 0 Å². The van der Waals surface area contributed by atoms with Crippen LogP contribution in [0, 0.1) is 5.92 Å². The minimum Gasteiger partial charge on any atom is -0.367 e. The lowest BCUT2D eigenvalue weighted by molar-refractivity contribution is 0.449. The largest absolute Gasteiger partial charge is 0.367 e. The van der Waals surface area contributed by atoms with Crippen LogP contribution in [0.4, 0.5) is 0 Å². The summed E-state index contributed by atoms with van der Waals surface area (Å²) in [5, 5.41) is 0. The normalized spacial score (nSPS) is 22.2. The maximum absolute atomic E-state index is 4.77. The van der Waals surface area contributed by atoms with Crippen LogP contribution < -0.4 is 0 Å². The summed E-state index contributed by atoms with van der Waals surface area (Å²) >= 11 is 0. The lowest BCUT2D eigenvalue weighted by Gasteiger charge is -2.34. The van der Waals surface area contributed by atoms with Gasteiger partial charge in [0.2, 0.25) is 0 Å². The molecular formula is C15H25N5. The van der Waals surface area contributed by atoms with E-state index in [1.54, 1.807) is 0 Å². The SMILES string of the molecule is CCC1C(N(C)C)=NC(C)N=C1N(C)Cc1cc[nH]c1. The third-order valence-corrected chi connectivity index (χ3v) is 3.60. The van der Waals surface area contributed by atoms with Crippen molar-refractivity contribution >= 4 is 11.7 Å². The molecule has 0 aromatic carbocycles. The van der Waals surface area contributed by atoms with E-state index >= 15 is 0 Å². The van der Waals surface area contributed by atoms with E-state index in [2.05, 4.69) is 53.9 Å². The molecule has 0 saturated carbocycles. The summed E-state index contributed by atoms with van der Waals surface area (Å²) in [4.78, 5) is 16.9. The minimum atomic E-state index is -0.00104. The standard InChI is InChI=1S/C15H25N5/c1-6-13-14(19(3)4)17-11(2)18-15(13)20(5)10-12-7-8-16-9-12/h7-9,11,13,16H,6,10H2,1-5H3. The molecule has 0 saturated heterocycles. The van der Waals surface area contributed by atoms with Gasteiger partial charge in [0.05, 0.1) is 5.92 Å². The van der Waals surface area contributed by atoms with Gasteiger partial charge in [0.1, 0.15) is 17.8 Å². The van der Waals surface area contributed by atoms with Crippen LogP contribution in [0.5, 0.6) is 0 Å². The van der Waals surface area contributed by atoms with Crippen molar-refractivity contribution in [2.24, 2.45) is 15.9 Å². The van der Waals surface area contributed by atoms with E-state index in [0.717, 1.165) is 24.6 Å². The summed E-state index contributed by atoms with van der Waals surface area (Å²) in [6.07, 6.45) is 5.00. The molecule has 5 nitrogen and oxygen atoms in total. The van der Waals surface area contributed by atoms with Gasteiger partial charge in [-0.05, 0) is 25.0 Å². The summed E-state index contributed by atoms with van der Waals surface area (Å²) in [5.74, 6) is 2.55. The van der Waals surface area contributed by atoms with Gasteiger partial charge < -0.3 is 14.8 Å². The van der Waals surface area contributed by atoms with Crippen molar-refractivity contribution in [1.82, 2.24) is 14.8 Å². The molecule has 2 atom stereocenters. The molecule has 5 heteroatoms. The molecule has 110 valence electrons. The molecule has 0 amide bonds. The third-order valence-electron chi connectivity index (χ3n) is 3.60. The summed E-state index contributed by atoms with van der Waals surface area (Å²) in [6.45, 7) is 5.10. The van der Waals surface area contributed by atoms with Crippen LogP contribution >= 0.6 is 0 Å². The zero-order valence-corrected chi connectivity index (χ0v) is 13.1. The Morgan fingerprint density at radius 1 is 1.20 bits per heavy atom. The Morgan fingerprint density at radius 3 is 2.45 bits per heavy atom. The van der Waals surface area contributed by atoms with Gasteiger partial charge in [-0.1, -0.05) is 6.92 Å². The van der Waals surface area contributed by atoms with Gasteiger partial charge in [-0.3, -0.25) is 0 Å². The van der Waals surface area contributed by atoms with E-state index in [4.69, 9.17) is 4.99 Å². The molecule has 1 aromatic rings. The molecule has 1 aliphatic rings. The summed E-state index contributed by atoms with van der Waals surface area (Å²) in [5.41, 5.74) is 1.27. The minimum absolute atomic E-state index is 0.00104. The van der Waals surface area contributed by atoms with Crippen molar-refractivity contribution in [3.63, 3.8) is 0 Å². The van der Waals surface area contributed by atoms with Crippen LogP contribution in [-0.4, -0.2) is 53.8 Å². The maximum Gasteiger partial charge on any atom is 0.140 e. The van der Waals surface area contributed by atoms with E-state index in [-0.39, 0.29) is 12.1 Å². The van der Waals surface area contributed by atoms with E-state index in [9.17, 15) is 0 Å². The number of aromatic amines is 1. The van der Waals surface area contributed by atoms with Gasteiger partial charge >= 0.3 is 0 Å². The second kappa shape index (κ2) is 6.11. The van der Waals surface area contributed by atoms with Gasteiger partial charge in [-0.15, -0.1) is 0 Å². The second-order valence-electron chi connectivity index (χ2n) is 5.54. The smallest absolute Gasteiger partial charge is 0.140 e. The highest BCUT2D eigenvalue weighted by molar-refractivity contribution is 6.06. The van der Waals surface area contributed by atoms with Crippen molar-refractivity contribution in [2.45, 2.75) is 33.0 Å². The van der Waals surface area contributed by atoms with Crippen LogP contribution in [0.1, 0.15) is 25.8 Å². The first kappa shape index (κ1) is 14.6. The Kier molecular flexibility index (Phi) is 4.47. The zero-order valence-electron chi connectivity index (χ0n) is 13.1. The monoisotopic (exact) mass is 275 g/mol. The van der Waals surface area contributed by atoms with Gasteiger partial charge in [0.25, 0.3) is 0 Å². The molecule has 0 spiro atoms. The molecule has 0 bridgehead atoms. The molecule has 2 rings (SSSR count). The van der Waals surface area contributed by atoms with Crippen LogP contribution in [0.15, 0.2) is 28.4 Å². The second-order valence-corrected chi connectivity index (χ2v) is 5.54. The van der Waals surface area contributed by atoms with Crippen LogP contribution in [0.3, 0.4) is 0 Å². The first-order chi connectivity index (χ1) is 9.52. The Labute approximate surface area is 121 Å². The number of hydrogen-bond acceptors (Lipinski definition) is 4. The Balaban J connectivity index is 2.20. The zero-order chi connectivity index (χ0) is 14.7. The van der Waals surface area contributed by atoms with E-state index in [1.807, 2.05) is 19.3 Å². The average molecular weight is 275 g/mol. The molecule has 2 unspecified atom stereocenters. The predicted octanol–water partition coefficient (Wildman–Crippen LogP) is 2.19. The first-order valence-corrected chi connectivity index (χ1v) is 7.18. The number of hydrogen-bond donors (Lipinski definition) is 1. The third kappa shape index (κ3) is 3.03. The first-order valence-electron chi connectivity index (χ1n) is 7.18. The highest BCUT2D eigenvalue weighted by Crippen LogP contribution is 2.20. The number of H-pyrrole nitrogens is 1. The lowest BCUT2D eigenvalue weighted by Crippen LogP contribution is -2.44. The van der Waals surface area contributed by atoms with Crippen molar-refractivity contribution in [1.29, 1.82) is 0 Å². The average Bonchev–Trinajstić information content (AvgIpc) is 2.90. The summed E-state index contributed by atoms with van der Waals surface area (Å²) in [6, 6.07) is 2.10. The lowest BCUT2D eigenvalue weighted by atomic mass is 10.00. The van der Waals surface area contributed by atoms with Crippen LogP contribution in [-0.2, 0) is 6.54 Å². The molecule has 1 aliphatic heterocycles. The quantitative estimate of drug-likeness (QED) is 0.919. The molecule has 0 radical (unpaired) electrons. The number of amidine groups is 2. The molecule has 2 heterocycles. The molecule has 20 heavy (non-hydrogen) atoms. The number of aliphatic imine (C=N–C) groups is 2. The Morgan fingerprint density at radius 2 is 1.90 bits per heavy atom. The number of nitrogens with zero attached hydrogens (tertiary/aromatic N) is 4. The molecular weight excluding hydrogens is 250 g/mol. The number of nitrogens with one attached hydrogen (secondary N) is 1. The molecule has 1 N–H and O–H groups in total. The topological polar surface area (TPSA) is 47.0 Å². The molecule has 1 aromatic heterocycles. The number of rotatable bonds is 3. The van der Waals surface area contributed by atoms with E-state index in [0.29, 0.717) is 0 Å². The van der Waals surface area contributed by atoms with Gasteiger partial charge in [0.15, 0.2) is 0 Å². The highest BCUT2D eigenvalue weighted by atomic mass is 15.3. The van der Waals surface area contributed by atoms with Gasteiger partial charge in [0, 0.05) is 40.1 Å². The van der Waals surface area contributed by atoms with Gasteiger partial charge in [-0.2, -0.15) is 0 Å². The Bertz CT molecular complexity index is 486. The fourth-order valence-corrected chi connectivity index (χ4v) is 2.68. The summed E-state index contributed by atoms with van der Waals surface area (Å²) in [7, 11) is 6.23. The van der Waals surface area contributed by atoms with Crippen LogP contribution in [0.25, 0.3) is 0 Å². The van der Waals surface area contributed by atoms with E-state index < -0.39 is 0 Å². The molecule has 0 aliphatic carbocycles. The van der Waals surface area contributed by atoms with Crippen molar-refractivity contribution in [3.05, 3.63) is 24.0 Å². The number of aromatic nitrogens is 1. The van der Waals surface area contributed by atoms with Gasteiger partial charge in [-0.25, -0.2) is 9.98 Å². The summed E-state index contributed by atoms with van der Waals surface area (Å²) < 4.78 is 0. The predicted molar refractivity (Wildman–Crippen MR) is 84.1 cm³/mol. The van der Waals surface area contributed by atoms with Crippen molar-refractivity contribution < 1.29 is 0 Å².